The first kappa shape index (κ1) is 18.4. The number of halogens is 2. The Bertz CT molecular complexity index is 1290. The van der Waals surface area contributed by atoms with E-state index in [0.29, 0.717) is 40.8 Å². The van der Waals surface area contributed by atoms with Gasteiger partial charge >= 0.3 is 0 Å². The highest BCUT2D eigenvalue weighted by atomic mass is 19.3. The Morgan fingerprint density at radius 2 is 2.10 bits per heavy atom. The van der Waals surface area contributed by atoms with E-state index in [9.17, 15) is 14.0 Å². The van der Waals surface area contributed by atoms with E-state index in [0.717, 1.165) is 5.56 Å². The number of nitrogens with zero attached hydrogens (tertiary/aromatic N) is 6. The molecule has 0 spiro atoms. The number of pyridine rings is 2. The van der Waals surface area contributed by atoms with Crippen LogP contribution in [0.3, 0.4) is 0 Å². The molecule has 1 aliphatic rings. The van der Waals surface area contributed by atoms with Crippen LogP contribution in [0.4, 0.5) is 8.78 Å². The normalized spacial score (nSPS) is 15.8. The molecule has 0 aromatic carbocycles. The van der Waals surface area contributed by atoms with Gasteiger partial charge in [0.15, 0.2) is 17.3 Å². The Hall–Kier alpha value is -3.67. The van der Waals surface area contributed by atoms with Crippen molar-refractivity contribution in [1.29, 1.82) is 5.26 Å². The molecule has 150 valence electrons. The number of hydrogen-bond donors (Lipinski definition) is 0. The molecule has 4 aromatic heterocycles. The van der Waals surface area contributed by atoms with Gasteiger partial charge in [-0.05, 0) is 37.1 Å². The summed E-state index contributed by atoms with van der Waals surface area (Å²) in [6.45, 7) is 1.81. The molecule has 7 nitrogen and oxygen atoms in total. The Labute approximate surface area is 170 Å². The van der Waals surface area contributed by atoms with Crippen molar-refractivity contribution in [2.24, 2.45) is 5.92 Å². The molecule has 1 aliphatic carbocycles. The Morgan fingerprint density at radius 1 is 1.27 bits per heavy atom. The van der Waals surface area contributed by atoms with Crippen molar-refractivity contribution in [3.05, 3.63) is 54.1 Å². The van der Waals surface area contributed by atoms with E-state index in [1.807, 2.05) is 18.2 Å². The van der Waals surface area contributed by atoms with E-state index in [-0.39, 0.29) is 24.5 Å². The maximum absolute atomic E-state index is 13.1. The monoisotopic (exact) mass is 406 g/mol. The third-order valence-electron chi connectivity index (χ3n) is 5.18. The lowest BCUT2D eigenvalue weighted by Crippen LogP contribution is -2.36. The molecule has 0 aliphatic heterocycles. The number of alkyl halides is 2. The fourth-order valence-corrected chi connectivity index (χ4v) is 3.79. The van der Waals surface area contributed by atoms with Gasteiger partial charge in [-0.3, -0.25) is 0 Å². The maximum atomic E-state index is 13.1. The molecule has 5 rings (SSSR count). The second kappa shape index (κ2) is 6.69. The third-order valence-corrected chi connectivity index (χ3v) is 5.18. The standard InChI is InChI=1S/C21H16F2N6O/c1-12-26-18-7-14(4-5-29(18)28-12)20-16(3-2-15(10-24)27-20)17-11-25-19(30-17)6-13-8-21(22,23)9-13/h2-5,7,11,13H,6,8-9H2,1H3. The second-order valence-corrected chi connectivity index (χ2v) is 7.53. The molecule has 30 heavy (non-hydrogen) atoms. The highest BCUT2D eigenvalue weighted by Crippen LogP contribution is 2.44. The van der Waals surface area contributed by atoms with Crippen LogP contribution in [-0.2, 0) is 6.42 Å². The molecule has 0 bridgehead atoms. The van der Waals surface area contributed by atoms with Crippen LogP contribution in [0.2, 0.25) is 0 Å². The number of hydrogen-bond acceptors (Lipinski definition) is 6. The summed E-state index contributed by atoms with van der Waals surface area (Å²) in [6.07, 6.45) is 3.45. The topological polar surface area (TPSA) is 92.9 Å². The Kier molecular flexibility index (Phi) is 4.10. The number of aromatic nitrogens is 5. The summed E-state index contributed by atoms with van der Waals surface area (Å²) in [6, 6.07) is 9.08. The van der Waals surface area contributed by atoms with Gasteiger partial charge in [-0.15, -0.1) is 0 Å². The van der Waals surface area contributed by atoms with Crippen LogP contribution >= 0.6 is 0 Å². The number of aryl methyl sites for hydroxylation is 1. The molecule has 0 saturated heterocycles. The number of nitriles is 1. The maximum Gasteiger partial charge on any atom is 0.248 e. The van der Waals surface area contributed by atoms with E-state index >= 15 is 0 Å². The number of rotatable bonds is 4. The molecular formula is C21H16F2N6O. The van der Waals surface area contributed by atoms with Gasteiger partial charge in [-0.2, -0.15) is 10.4 Å². The average Bonchev–Trinajstić information content (AvgIpc) is 3.31. The highest BCUT2D eigenvalue weighted by molar-refractivity contribution is 5.79. The summed E-state index contributed by atoms with van der Waals surface area (Å²) >= 11 is 0. The zero-order valence-corrected chi connectivity index (χ0v) is 16.0. The van der Waals surface area contributed by atoms with Crippen LogP contribution < -0.4 is 0 Å². The van der Waals surface area contributed by atoms with Gasteiger partial charge in [0.05, 0.1) is 11.9 Å². The molecule has 4 aromatic rings. The molecule has 1 fully saturated rings. The van der Waals surface area contributed by atoms with Crippen LogP contribution in [0.1, 0.15) is 30.3 Å². The van der Waals surface area contributed by atoms with Gasteiger partial charge in [0.2, 0.25) is 5.92 Å². The molecule has 0 unspecified atom stereocenters. The highest BCUT2D eigenvalue weighted by Gasteiger charge is 2.45. The smallest absolute Gasteiger partial charge is 0.248 e. The molecule has 0 N–H and O–H groups in total. The van der Waals surface area contributed by atoms with E-state index in [1.54, 1.807) is 36.0 Å². The summed E-state index contributed by atoms with van der Waals surface area (Å²) in [5.74, 6) is -1.15. The van der Waals surface area contributed by atoms with Crippen molar-refractivity contribution in [3.63, 3.8) is 0 Å². The second-order valence-electron chi connectivity index (χ2n) is 7.53. The largest absolute Gasteiger partial charge is 0.441 e. The molecule has 9 heteroatoms. The van der Waals surface area contributed by atoms with Gasteiger partial charge in [-0.25, -0.2) is 28.2 Å². The molecule has 0 atom stereocenters. The zero-order valence-electron chi connectivity index (χ0n) is 16.0. The molecule has 0 amide bonds. The summed E-state index contributed by atoms with van der Waals surface area (Å²) in [5.41, 5.74) is 2.88. The molecule has 4 heterocycles. The SMILES string of the molecule is Cc1nc2cc(-c3nc(C#N)ccc3-c3cnc(CC4CC(F)(F)C4)o3)ccn2n1. The molecule has 0 radical (unpaired) electrons. The lowest BCUT2D eigenvalue weighted by molar-refractivity contribution is -0.110. The van der Waals surface area contributed by atoms with E-state index in [4.69, 9.17) is 4.42 Å². The lowest BCUT2D eigenvalue weighted by atomic mass is 9.79. The van der Waals surface area contributed by atoms with Gasteiger partial charge in [0.25, 0.3) is 0 Å². The number of oxazole rings is 1. The minimum atomic E-state index is -2.57. The van der Waals surface area contributed by atoms with Crippen LogP contribution in [0, 0.1) is 24.2 Å². The Balaban J connectivity index is 1.52. The van der Waals surface area contributed by atoms with Gasteiger partial charge < -0.3 is 4.42 Å². The molecule has 1 saturated carbocycles. The minimum Gasteiger partial charge on any atom is -0.441 e. The third kappa shape index (κ3) is 3.30. The first-order chi connectivity index (χ1) is 14.4. The predicted octanol–water partition coefficient (Wildman–Crippen LogP) is 4.21. The van der Waals surface area contributed by atoms with Crippen LogP contribution in [0.25, 0.3) is 28.2 Å². The quantitative estimate of drug-likeness (QED) is 0.504. The summed E-state index contributed by atoms with van der Waals surface area (Å²) in [7, 11) is 0. The van der Waals surface area contributed by atoms with Crippen molar-refractivity contribution in [2.45, 2.75) is 32.1 Å². The van der Waals surface area contributed by atoms with E-state index in [1.165, 1.54) is 0 Å². The average molecular weight is 406 g/mol. The summed E-state index contributed by atoms with van der Waals surface area (Å²) in [4.78, 5) is 13.1. The van der Waals surface area contributed by atoms with Crippen molar-refractivity contribution < 1.29 is 13.2 Å². The van der Waals surface area contributed by atoms with Crippen molar-refractivity contribution in [3.8, 4) is 28.7 Å². The van der Waals surface area contributed by atoms with Gasteiger partial charge in [0, 0.05) is 36.6 Å². The van der Waals surface area contributed by atoms with Crippen LogP contribution in [0.15, 0.2) is 41.1 Å². The molecular weight excluding hydrogens is 390 g/mol. The van der Waals surface area contributed by atoms with Gasteiger partial charge in [0.1, 0.15) is 17.6 Å². The fraction of sp³-hybridized carbons (Fsp3) is 0.286. The van der Waals surface area contributed by atoms with Crippen LogP contribution in [-0.4, -0.2) is 30.5 Å². The van der Waals surface area contributed by atoms with E-state index < -0.39 is 5.92 Å². The lowest BCUT2D eigenvalue weighted by Gasteiger charge is -2.34. The minimum absolute atomic E-state index is 0.122. The predicted molar refractivity (Wildman–Crippen MR) is 103 cm³/mol. The zero-order chi connectivity index (χ0) is 20.9. The van der Waals surface area contributed by atoms with Crippen LogP contribution in [0.5, 0.6) is 0 Å². The van der Waals surface area contributed by atoms with E-state index in [2.05, 4.69) is 20.1 Å². The first-order valence-electron chi connectivity index (χ1n) is 9.48. The van der Waals surface area contributed by atoms with Crippen molar-refractivity contribution >= 4 is 5.65 Å². The number of fused-ring (bicyclic) bond motifs is 1. The van der Waals surface area contributed by atoms with Crippen molar-refractivity contribution in [2.75, 3.05) is 0 Å². The van der Waals surface area contributed by atoms with Gasteiger partial charge in [-0.1, -0.05) is 0 Å². The summed E-state index contributed by atoms with van der Waals surface area (Å²) in [5, 5.41) is 13.6. The fourth-order valence-electron chi connectivity index (χ4n) is 3.79. The Morgan fingerprint density at radius 3 is 2.87 bits per heavy atom. The summed E-state index contributed by atoms with van der Waals surface area (Å²) < 4.78 is 33.7. The van der Waals surface area contributed by atoms with Crippen molar-refractivity contribution in [1.82, 2.24) is 24.6 Å². The first-order valence-corrected chi connectivity index (χ1v) is 9.48.